The fourth-order valence-electron chi connectivity index (χ4n) is 2.54. The lowest BCUT2D eigenvalue weighted by molar-refractivity contribution is 0.579. The molecule has 3 N–H and O–H groups in total. The lowest BCUT2D eigenvalue weighted by atomic mass is 10.2. The Hall–Kier alpha value is -1.17. The number of rotatable bonds is 8. The number of nitrogens with one attached hydrogen (secondary N) is 3. The maximum absolute atomic E-state index is 12.3. The van der Waals surface area contributed by atoms with Crippen molar-refractivity contribution < 1.29 is 8.42 Å². The highest BCUT2D eigenvalue weighted by atomic mass is 127. The summed E-state index contributed by atoms with van der Waals surface area (Å²) in [6, 6.07) is 11.3. The standard InChI is InChI=1S/C19H28N4O2S2.HI/c1-14-5-9-18(10-6-14)27(24,25)22-12-11-21-19(20-4)23-15(2)13-17-8-7-16(3)26-17;/h5-10,15,22H,11-13H2,1-4H3,(H2,20,21,23);1H. The fraction of sp³-hybridized carbons (Fsp3) is 0.421. The molecule has 0 radical (unpaired) electrons. The van der Waals surface area contributed by atoms with Crippen molar-refractivity contribution in [1.82, 2.24) is 15.4 Å². The second-order valence-electron chi connectivity index (χ2n) is 6.47. The Morgan fingerprint density at radius 1 is 1.11 bits per heavy atom. The molecule has 1 heterocycles. The monoisotopic (exact) mass is 536 g/mol. The normalized spacial score (nSPS) is 12.9. The van der Waals surface area contributed by atoms with Gasteiger partial charge in [0.1, 0.15) is 0 Å². The molecule has 0 saturated carbocycles. The molecular formula is C19H29IN4O2S2. The summed E-state index contributed by atoms with van der Waals surface area (Å²) in [4.78, 5) is 7.10. The first-order valence-electron chi connectivity index (χ1n) is 8.89. The number of nitrogens with zero attached hydrogens (tertiary/aromatic N) is 1. The van der Waals surface area contributed by atoms with Gasteiger partial charge in [0, 0.05) is 42.4 Å². The van der Waals surface area contributed by atoms with Crippen molar-refractivity contribution in [3.8, 4) is 0 Å². The largest absolute Gasteiger partial charge is 0.355 e. The molecule has 0 fully saturated rings. The minimum Gasteiger partial charge on any atom is -0.355 e. The van der Waals surface area contributed by atoms with Crippen molar-refractivity contribution in [2.75, 3.05) is 20.1 Å². The Kier molecular flexibility index (Phi) is 10.4. The summed E-state index contributed by atoms with van der Waals surface area (Å²) in [5.74, 6) is 0.658. The molecule has 28 heavy (non-hydrogen) atoms. The Bertz CT molecular complexity index is 864. The zero-order chi connectivity index (χ0) is 19.9. The number of benzene rings is 1. The molecule has 0 amide bonds. The number of halogens is 1. The van der Waals surface area contributed by atoms with Gasteiger partial charge in [0.05, 0.1) is 4.90 Å². The highest BCUT2D eigenvalue weighted by Crippen LogP contribution is 2.16. The second-order valence-corrected chi connectivity index (χ2v) is 9.61. The molecule has 156 valence electrons. The van der Waals surface area contributed by atoms with Gasteiger partial charge in [-0.2, -0.15) is 0 Å². The van der Waals surface area contributed by atoms with Crippen LogP contribution in [0, 0.1) is 13.8 Å². The summed E-state index contributed by atoms with van der Waals surface area (Å²) in [5.41, 5.74) is 1.03. The van der Waals surface area contributed by atoms with Gasteiger partial charge in [-0.3, -0.25) is 4.99 Å². The number of hydrogen-bond donors (Lipinski definition) is 3. The van der Waals surface area contributed by atoms with Gasteiger partial charge in [0.2, 0.25) is 10.0 Å². The molecule has 0 aliphatic carbocycles. The van der Waals surface area contributed by atoms with Gasteiger partial charge in [-0.1, -0.05) is 17.7 Å². The SMILES string of the molecule is CN=C(NCCNS(=O)(=O)c1ccc(C)cc1)NC(C)Cc1ccc(C)s1.I. The Morgan fingerprint density at radius 2 is 1.79 bits per heavy atom. The quantitative estimate of drug-likeness (QED) is 0.210. The zero-order valence-corrected chi connectivity index (χ0v) is 20.6. The predicted octanol–water partition coefficient (Wildman–Crippen LogP) is 3.06. The van der Waals surface area contributed by atoms with Crippen molar-refractivity contribution in [3.63, 3.8) is 0 Å². The summed E-state index contributed by atoms with van der Waals surface area (Å²) in [6.07, 6.45) is 0.916. The number of hydrogen-bond acceptors (Lipinski definition) is 4. The van der Waals surface area contributed by atoms with Crippen molar-refractivity contribution >= 4 is 51.3 Å². The third kappa shape index (κ3) is 8.06. The summed E-state index contributed by atoms with van der Waals surface area (Å²) < 4.78 is 27.1. The third-order valence-corrected chi connectivity index (χ3v) is 6.45. The van der Waals surface area contributed by atoms with E-state index in [1.165, 1.54) is 9.75 Å². The van der Waals surface area contributed by atoms with E-state index in [-0.39, 0.29) is 41.5 Å². The molecule has 1 unspecified atom stereocenters. The van der Waals surface area contributed by atoms with Gasteiger partial charge in [-0.05, 0) is 45.0 Å². The van der Waals surface area contributed by atoms with Gasteiger partial charge in [0.15, 0.2) is 5.96 Å². The van der Waals surface area contributed by atoms with E-state index in [0.717, 1.165) is 12.0 Å². The first-order chi connectivity index (χ1) is 12.8. The van der Waals surface area contributed by atoms with Crippen molar-refractivity contribution in [3.05, 3.63) is 51.7 Å². The zero-order valence-electron chi connectivity index (χ0n) is 16.7. The Balaban J connectivity index is 0.00000392. The van der Waals surface area contributed by atoms with Crippen molar-refractivity contribution in [2.45, 2.75) is 38.1 Å². The fourth-order valence-corrected chi connectivity index (χ4v) is 4.59. The minimum atomic E-state index is -3.49. The second kappa shape index (κ2) is 11.7. The van der Waals surface area contributed by atoms with Crippen LogP contribution in [-0.2, 0) is 16.4 Å². The first-order valence-corrected chi connectivity index (χ1v) is 11.2. The maximum atomic E-state index is 12.3. The maximum Gasteiger partial charge on any atom is 0.240 e. The summed E-state index contributed by atoms with van der Waals surface area (Å²) in [6.45, 7) is 6.84. The average molecular weight is 537 g/mol. The van der Waals surface area contributed by atoms with Crippen LogP contribution in [0.25, 0.3) is 0 Å². The van der Waals surface area contributed by atoms with Crippen LogP contribution in [-0.4, -0.2) is 40.6 Å². The van der Waals surface area contributed by atoms with Crippen LogP contribution in [0.15, 0.2) is 46.3 Å². The lowest BCUT2D eigenvalue weighted by Gasteiger charge is -2.17. The summed E-state index contributed by atoms with van der Waals surface area (Å²) in [7, 11) is -1.79. The van der Waals surface area contributed by atoms with Gasteiger partial charge < -0.3 is 10.6 Å². The van der Waals surface area contributed by atoms with Crippen LogP contribution in [0.5, 0.6) is 0 Å². The van der Waals surface area contributed by atoms with Gasteiger partial charge in [0.25, 0.3) is 0 Å². The van der Waals surface area contributed by atoms with E-state index in [0.29, 0.717) is 12.5 Å². The van der Waals surface area contributed by atoms with Gasteiger partial charge >= 0.3 is 0 Å². The predicted molar refractivity (Wildman–Crippen MR) is 129 cm³/mol. The average Bonchev–Trinajstić information content (AvgIpc) is 3.02. The smallest absolute Gasteiger partial charge is 0.240 e. The Morgan fingerprint density at radius 3 is 2.36 bits per heavy atom. The van der Waals surface area contributed by atoms with Crippen LogP contribution >= 0.6 is 35.3 Å². The van der Waals surface area contributed by atoms with Crippen LogP contribution in [0.2, 0.25) is 0 Å². The van der Waals surface area contributed by atoms with Crippen LogP contribution in [0.1, 0.15) is 22.2 Å². The van der Waals surface area contributed by atoms with Crippen molar-refractivity contribution in [1.29, 1.82) is 0 Å². The Labute approximate surface area is 189 Å². The number of aliphatic imine (C=N–C) groups is 1. The summed E-state index contributed by atoms with van der Waals surface area (Å²) in [5, 5.41) is 6.47. The molecule has 1 aromatic heterocycles. The third-order valence-electron chi connectivity index (χ3n) is 3.95. The molecule has 2 rings (SSSR count). The van der Waals surface area contributed by atoms with Gasteiger partial charge in [-0.15, -0.1) is 35.3 Å². The van der Waals surface area contributed by atoms with Crippen LogP contribution in [0.4, 0.5) is 0 Å². The first kappa shape index (κ1) is 24.9. The number of thiophene rings is 1. The van der Waals surface area contributed by atoms with E-state index in [2.05, 4.69) is 46.3 Å². The molecular weight excluding hydrogens is 507 g/mol. The molecule has 0 spiro atoms. The van der Waals surface area contributed by atoms with E-state index in [1.807, 2.05) is 6.92 Å². The molecule has 0 saturated heterocycles. The molecule has 6 nitrogen and oxygen atoms in total. The lowest BCUT2D eigenvalue weighted by Crippen LogP contribution is -2.45. The van der Waals surface area contributed by atoms with Crippen molar-refractivity contribution in [2.24, 2.45) is 4.99 Å². The van der Waals surface area contributed by atoms with E-state index in [4.69, 9.17) is 0 Å². The summed E-state index contributed by atoms with van der Waals surface area (Å²) >= 11 is 1.80. The number of sulfonamides is 1. The van der Waals surface area contributed by atoms with Gasteiger partial charge in [-0.25, -0.2) is 13.1 Å². The number of guanidine groups is 1. The molecule has 0 bridgehead atoms. The van der Waals surface area contributed by atoms with Crippen LogP contribution in [0.3, 0.4) is 0 Å². The highest BCUT2D eigenvalue weighted by molar-refractivity contribution is 14.0. The minimum absolute atomic E-state index is 0. The molecule has 0 aliphatic rings. The molecule has 9 heteroatoms. The molecule has 2 aromatic rings. The van der Waals surface area contributed by atoms with E-state index in [1.54, 1.807) is 42.6 Å². The van der Waals surface area contributed by atoms with E-state index in [9.17, 15) is 8.42 Å². The highest BCUT2D eigenvalue weighted by Gasteiger charge is 2.13. The van der Waals surface area contributed by atoms with E-state index >= 15 is 0 Å². The van der Waals surface area contributed by atoms with Crippen LogP contribution < -0.4 is 15.4 Å². The topological polar surface area (TPSA) is 82.6 Å². The number of aryl methyl sites for hydroxylation is 2. The van der Waals surface area contributed by atoms with E-state index < -0.39 is 10.0 Å². The molecule has 0 aliphatic heterocycles. The molecule has 1 aromatic carbocycles. The molecule has 1 atom stereocenters.